The lowest BCUT2D eigenvalue weighted by Gasteiger charge is -2.18. The van der Waals surface area contributed by atoms with Crippen molar-refractivity contribution in [1.82, 2.24) is 0 Å². The Balaban J connectivity index is 4.23. The number of esters is 3. The van der Waals surface area contributed by atoms with E-state index in [0.29, 0.717) is 19.3 Å². The maximum absolute atomic E-state index is 12.9. The average molecular weight is 1070 g/mol. The number of hydrogen-bond donors (Lipinski definition) is 0. The summed E-state index contributed by atoms with van der Waals surface area (Å²) in [6.45, 7) is 6.65. The van der Waals surface area contributed by atoms with Crippen molar-refractivity contribution in [2.45, 2.75) is 367 Å². The van der Waals surface area contributed by atoms with Gasteiger partial charge in [-0.05, 0) is 83.5 Å². The number of rotatable bonds is 62. The summed E-state index contributed by atoms with van der Waals surface area (Å²) in [5, 5.41) is 0. The van der Waals surface area contributed by atoms with E-state index in [0.717, 1.165) is 77.0 Å². The van der Waals surface area contributed by atoms with Crippen LogP contribution in [-0.4, -0.2) is 37.2 Å². The fourth-order valence-electron chi connectivity index (χ4n) is 9.98. The third-order valence-electron chi connectivity index (χ3n) is 15.1. The van der Waals surface area contributed by atoms with Crippen LogP contribution in [0.5, 0.6) is 0 Å². The molecule has 0 aromatic carbocycles. The molecule has 0 amide bonds. The van der Waals surface area contributed by atoms with E-state index in [2.05, 4.69) is 69.4 Å². The van der Waals surface area contributed by atoms with Gasteiger partial charge in [0.25, 0.3) is 0 Å². The zero-order valence-corrected chi connectivity index (χ0v) is 51.0. The molecule has 0 spiro atoms. The molecule has 0 saturated carbocycles. The molecule has 0 saturated heterocycles. The minimum atomic E-state index is -0.775. The smallest absolute Gasteiger partial charge is 0.306 e. The first-order chi connectivity index (χ1) is 37.5. The molecule has 6 nitrogen and oxygen atoms in total. The summed E-state index contributed by atoms with van der Waals surface area (Å²) < 4.78 is 16.9. The maximum Gasteiger partial charge on any atom is 0.306 e. The zero-order valence-electron chi connectivity index (χ0n) is 51.0. The molecule has 0 aliphatic carbocycles. The lowest BCUT2D eigenvalue weighted by molar-refractivity contribution is -0.167. The second kappa shape index (κ2) is 64.9. The third-order valence-corrected chi connectivity index (χ3v) is 15.1. The standard InChI is InChI=1S/C70H128O6/c1-4-7-10-13-16-19-22-25-27-29-31-32-33-34-35-36-37-38-40-41-43-45-48-51-54-57-60-63-69(72)75-66-67(65-74-68(71)62-59-56-53-50-47-24-21-18-15-12-9-6-3)76-70(73)64-61-58-55-52-49-46-44-42-39-30-28-26-23-20-17-14-11-8-5-2/h18,21-22,25,29,31,33-34,67H,4-17,19-20,23-24,26-28,30,32,35-66H2,1-3H3/b21-18-,25-22-,31-29-,34-33-. The van der Waals surface area contributed by atoms with Crippen molar-refractivity contribution in [2.24, 2.45) is 0 Å². The van der Waals surface area contributed by atoms with Crippen LogP contribution < -0.4 is 0 Å². The molecule has 0 fully saturated rings. The van der Waals surface area contributed by atoms with Crippen molar-refractivity contribution in [3.8, 4) is 0 Å². The Labute approximate surface area is 473 Å². The van der Waals surface area contributed by atoms with Crippen LogP contribution in [0.4, 0.5) is 0 Å². The van der Waals surface area contributed by atoms with Crippen molar-refractivity contribution < 1.29 is 28.6 Å². The summed E-state index contributed by atoms with van der Waals surface area (Å²) in [6.07, 6.45) is 81.3. The first-order valence-electron chi connectivity index (χ1n) is 33.6. The van der Waals surface area contributed by atoms with Gasteiger partial charge in [-0.1, -0.05) is 307 Å². The van der Waals surface area contributed by atoms with Crippen molar-refractivity contribution in [3.63, 3.8) is 0 Å². The summed E-state index contributed by atoms with van der Waals surface area (Å²) in [4.78, 5) is 38.3. The number of carbonyl (C=O) groups is 3. The quantitative estimate of drug-likeness (QED) is 0.0261. The molecule has 444 valence electrons. The van der Waals surface area contributed by atoms with Crippen LogP contribution in [0.15, 0.2) is 48.6 Å². The SMILES string of the molecule is CCCCC/C=C\CCCCCCCC(=O)OCC(COC(=O)CCCCCCCCCCCCCC/C=C\C/C=C\C/C=C\CCCCCCC)OC(=O)CCCCCCCCCCCCCCCCCCCCC. The van der Waals surface area contributed by atoms with E-state index in [-0.39, 0.29) is 31.1 Å². The van der Waals surface area contributed by atoms with Gasteiger partial charge in [0.15, 0.2) is 6.10 Å². The van der Waals surface area contributed by atoms with Gasteiger partial charge in [0.1, 0.15) is 13.2 Å². The Kier molecular flexibility index (Phi) is 62.6. The van der Waals surface area contributed by atoms with E-state index in [9.17, 15) is 14.4 Å². The Bertz CT molecular complexity index is 1310. The number of hydrogen-bond acceptors (Lipinski definition) is 6. The van der Waals surface area contributed by atoms with Crippen molar-refractivity contribution in [1.29, 1.82) is 0 Å². The fraction of sp³-hybridized carbons (Fsp3) is 0.843. The predicted molar refractivity (Wildman–Crippen MR) is 330 cm³/mol. The number of carbonyl (C=O) groups excluding carboxylic acids is 3. The van der Waals surface area contributed by atoms with E-state index in [1.807, 2.05) is 0 Å². The zero-order chi connectivity index (χ0) is 55.0. The van der Waals surface area contributed by atoms with Crippen LogP contribution in [0.1, 0.15) is 361 Å². The highest BCUT2D eigenvalue weighted by atomic mass is 16.6. The predicted octanol–water partition coefficient (Wildman–Crippen LogP) is 22.9. The minimum absolute atomic E-state index is 0.0726. The first kappa shape index (κ1) is 73.4. The molecule has 76 heavy (non-hydrogen) atoms. The summed E-state index contributed by atoms with van der Waals surface area (Å²) in [7, 11) is 0. The monoisotopic (exact) mass is 1060 g/mol. The van der Waals surface area contributed by atoms with E-state index >= 15 is 0 Å². The second-order valence-electron chi connectivity index (χ2n) is 22.7. The summed E-state index contributed by atoms with van der Waals surface area (Å²) in [5.41, 5.74) is 0. The van der Waals surface area contributed by atoms with Crippen LogP contribution in [0.3, 0.4) is 0 Å². The molecule has 0 heterocycles. The molecule has 0 aliphatic heterocycles. The van der Waals surface area contributed by atoms with Crippen LogP contribution in [0, 0.1) is 0 Å². The highest BCUT2D eigenvalue weighted by molar-refractivity contribution is 5.71. The number of ether oxygens (including phenoxy) is 3. The largest absolute Gasteiger partial charge is 0.462 e. The molecule has 1 atom stereocenters. The Hall–Kier alpha value is -2.63. The van der Waals surface area contributed by atoms with E-state index in [1.165, 1.54) is 244 Å². The summed E-state index contributed by atoms with van der Waals surface area (Å²) >= 11 is 0. The third kappa shape index (κ3) is 62.2. The maximum atomic E-state index is 12.9. The van der Waals surface area contributed by atoms with Gasteiger partial charge in [0.2, 0.25) is 0 Å². The van der Waals surface area contributed by atoms with Gasteiger partial charge in [-0.15, -0.1) is 0 Å². The normalized spacial score (nSPS) is 12.3. The fourth-order valence-corrected chi connectivity index (χ4v) is 9.98. The molecule has 1 unspecified atom stereocenters. The van der Waals surface area contributed by atoms with Gasteiger partial charge in [0, 0.05) is 19.3 Å². The molecule has 0 bridgehead atoms. The van der Waals surface area contributed by atoms with Crippen LogP contribution in [-0.2, 0) is 28.6 Å². The number of allylic oxidation sites excluding steroid dienone is 8. The Morgan fingerprint density at radius 2 is 0.474 bits per heavy atom. The van der Waals surface area contributed by atoms with Crippen LogP contribution in [0.2, 0.25) is 0 Å². The van der Waals surface area contributed by atoms with Crippen LogP contribution >= 0.6 is 0 Å². The average Bonchev–Trinajstić information content (AvgIpc) is 3.42. The topological polar surface area (TPSA) is 78.9 Å². The van der Waals surface area contributed by atoms with E-state index in [1.54, 1.807) is 0 Å². The van der Waals surface area contributed by atoms with Gasteiger partial charge in [-0.25, -0.2) is 0 Å². The highest BCUT2D eigenvalue weighted by Crippen LogP contribution is 2.18. The summed E-state index contributed by atoms with van der Waals surface area (Å²) in [6, 6.07) is 0. The van der Waals surface area contributed by atoms with Gasteiger partial charge in [-0.2, -0.15) is 0 Å². The number of unbranched alkanes of at least 4 members (excludes halogenated alkanes) is 43. The molecule has 0 aromatic heterocycles. The lowest BCUT2D eigenvalue weighted by atomic mass is 10.0. The first-order valence-corrected chi connectivity index (χ1v) is 33.6. The molecule has 0 N–H and O–H groups in total. The van der Waals surface area contributed by atoms with Gasteiger partial charge in [-0.3, -0.25) is 14.4 Å². The molecule has 0 radical (unpaired) electrons. The Morgan fingerprint density at radius 1 is 0.263 bits per heavy atom. The molecular formula is C70H128O6. The lowest BCUT2D eigenvalue weighted by Crippen LogP contribution is -2.30. The van der Waals surface area contributed by atoms with Crippen molar-refractivity contribution >= 4 is 17.9 Å². The van der Waals surface area contributed by atoms with E-state index in [4.69, 9.17) is 14.2 Å². The molecule has 0 aromatic rings. The second-order valence-corrected chi connectivity index (χ2v) is 22.7. The van der Waals surface area contributed by atoms with Gasteiger partial charge >= 0.3 is 17.9 Å². The van der Waals surface area contributed by atoms with Gasteiger partial charge < -0.3 is 14.2 Å². The minimum Gasteiger partial charge on any atom is -0.462 e. The van der Waals surface area contributed by atoms with Crippen LogP contribution in [0.25, 0.3) is 0 Å². The molecular weight excluding hydrogens is 937 g/mol. The van der Waals surface area contributed by atoms with Crippen molar-refractivity contribution in [2.75, 3.05) is 13.2 Å². The molecule has 0 aliphatic rings. The summed E-state index contributed by atoms with van der Waals surface area (Å²) in [5.74, 6) is -0.861. The highest BCUT2D eigenvalue weighted by Gasteiger charge is 2.19. The van der Waals surface area contributed by atoms with Gasteiger partial charge in [0.05, 0.1) is 0 Å². The van der Waals surface area contributed by atoms with Crippen molar-refractivity contribution in [3.05, 3.63) is 48.6 Å². The van der Waals surface area contributed by atoms with E-state index < -0.39 is 6.10 Å². The Morgan fingerprint density at radius 3 is 0.776 bits per heavy atom. The molecule has 0 rings (SSSR count). The molecule has 6 heteroatoms.